The number of rotatable bonds is 5. The smallest absolute Gasteiger partial charge is 0.191 e. The van der Waals surface area contributed by atoms with E-state index in [1.54, 1.807) is 7.05 Å². The zero-order valence-corrected chi connectivity index (χ0v) is 18.8. The molecule has 2 aromatic rings. The Balaban J connectivity index is 0.00000280. The van der Waals surface area contributed by atoms with Gasteiger partial charge in [-0.05, 0) is 62.4 Å². The van der Waals surface area contributed by atoms with Gasteiger partial charge in [-0.25, -0.2) is 8.78 Å². The van der Waals surface area contributed by atoms with Crippen LogP contribution in [0.2, 0.25) is 0 Å². The summed E-state index contributed by atoms with van der Waals surface area (Å²) in [5.41, 5.74) is 2.83. The standard InChI is InChI=1S/C20H27F2N5.HI/c1-13(2)27-12-15-4-6-17(11-19(15)26-27)25-20(23-3)24-9-8-14-10-16(21)5-7-18(14)22;/h5,7,10,12-13,17H,4,6,8-9,11H2,1-3H3,(H2,23,24,25);1H. The van der Waals surface area contributed by atoms with Crippen molar-refractivity contribution in [1.29, 1.82) is 0 Å². The van der Waals surface area contributed by atoms with Crippen LogP contribution < -0.4 is 10.6 Å². The maximum absolute atomic E-state index is 13.7. The molecule has 1 heterocycles. The highest BCUT2D eigenvalue weighted by Gasteiger charge is 2.23. The fraction of sp³-hybridized carbons (Fsp3) is 0.500. The van der Waals surface area contributed by atoms with E-state index in [-0.39, 0.29) is 35.8 Å². The van der Waals surface area contributed by atoms with Gasteiger partial charge in [0.15, 0.2) is 5.96 Å². The van der Waals surface area contributed by atoms with Gasteiger partial charge in [-0.3, -0.25) is 9.67 Å². The molecule has 1 aromatic heterocycles. The monoisotopic (exact) mass is 503 g/mol. The van der Waals surface area contributed by atoms with E-state index >= 15 is 0 Å². The Labute approximate surface area is 182 Å². The summed E-state index contributed by atoms with van der Waals surface area (Å²) in [6.45, 7) is 4.72. The van der Waals surface area contributed by atoms with Crippen molar-refractivity contribution in [1.82, 2.24) is 20.4 Å². The van der Waals surface area contributed by atoms with E-state index in [1.807, 2.05) is 4.68 Å². The lowest BCUT2D eigenvalue weighted by Gasteiger charge is -2.24. The molecule has 1 aliphatic carbocycles. The number of hydrogen-bond donors (Lipinski definition) is 2. The van der Waals surface area contributed by atoms with Crippen molar-refractivity contribution in [3.8, 4) is 0 Å². The van der Waals surface area contributed by atoms with Gasteiger partial charge < -0.3 is 10.6 Å². The Morgan fingerprint density at radius 3 is 2.86 bits per heavy atom. The third-order valence-electron chi connectivity index (χ3n) is 4.88. The SMILES string of the molecule is CN=C(NCCc1cc(F)ccc1F)NC1CCc2cn(C(C)C)nc2C1.I. The molecule has 0 fully saturated rings. The van der Waals surface area contributed by atoms with Gasteiger partial charge in [0.2, 0.25) is 0 Å². The van der Waals surface area contributed by atoms with Crippen LogP contribution in [0.4, 0.5) is 8.78 Å². The molecule has 1 aromatic carbocycles. The van der Waals surface area contributed by atoms with Gasteiger partial charge >= 0.3 is 0 Å². The Morgan fingerprint density at radius 2 is 2.14 bits per heavy atom. The molecule has 8 heteroatoms. The first-order chi connectivity index (χ1) is 13.0. The lowest BCUT2D eigenvalue weighted by Crippen LogP contribution is -2.46. The second kappa shape index (κ2) is 10.2. The summed E-state index contributed by atoms with van der Waals surface area (Å²) in [4.78, 5) is 4.24. The van der Waals surface area contributed by atoms with Gasteiger partial charge in [0, 0.05) is 38.3 Å². The molecular formula is C20H28F2IN5. The number of halogens is 3. The highest BCUT2D eigenvalue weighted by molar-refractivity contribution is 14.0. The van der Waals surface area contributed by atoms with Crippen molar-refractivity contribution in [2.45, 2.75) is 51.6 Å². The molecule has 0 radical (unpaired) electrons. The van der Waals surface area contributed by atoms with E-state index in [0.29, 0.717) is 30.5 Å². The minimum Gasteiger partial charge on any atom is -0.356 e. The lowest BCUT2D eigenvalue weighted by atomic mass is 9.94. The number of guanidine groups is 1. The average Bonchev–Trinajstić information content (AvgIpc) is 3.07. The van der Waals surface area contributed by atoms with Crippen LogP contribution in [0, 0.1) is 11.6 Å². The summed E-state index contributed by atoms with van der Waals surface area (Å²) in [5.74, 6) is -0.141. The molecule has 1 unspecified atom stereocenters. The second-order valence-corrected chi connectivity index (χ2v) is 7.24. The molecule has 1 atom stereocenters. The summed E-state index contributed by atoms with van der Waals surface area (Å²) in [6, 6.07) is 4.14. The maximum atomic E-state index is 13.7. The van der Waals surface area contributed by atoms with Gasteiger partial charge in [-0.15, -0.1) is 24.0 Å². The number of hydrogen-bond acceptors (Lipinski definition) is 2. The van der Waals surface area contributed by atoms with Crippen molar-refractivity contribution < 1.29 is 8.78 Å². The summed E-state index contributed by atoms with van der Waals surface area (Å²) < 4.78 is 29.0. The van der Waals surface area contributed by atoms with Crippen molar-refractivity contribution in [2.75, 3.05) is 13.6 Å². The first-order valence-electron chi connectivity index (χ1n) is 9.44. The average molecular weight is 503 g/mol. The summed E-state index contributed by atoms with van der Waals surface area (Å²) >= 11 is 0. The Morgan fingerprint density at radius 1 is 1.36 bits per heavy atom. The third kappa shape index (κ3) is 5.65. The Kier molecular flexibility index (Phi) is 8.21. The number of aromatic nitrogens is 2. The number of nitrogens with zero attached hydrogens (tertiary/aromatic N) is 3. The van der Waals surface area contributed by atoms with Gasteiger partial charge in [-0.1, -0.05) is 0 Å². The molecular weight excluding hydrogens is 475 g/mol. The van der Waals surface area contributed by atoms with Crippen LogP contribution >= 0.6 is 24.0 Å². The first-order valence-corrected chi connectivity index (χ1v) is 9.44. The van der Waals surface area contributed by atoms with Crippen LogP contribution in [0.3, 0.4) is 0 Å². The predicted molar refractivity (Wildman–Crippen MR) is 118 cm³/mol. The highest BCUT2D eigenvalue weighted by Crippen LogP contribution is 2.21. The van der Waals surface area contributed by atoms with Crippen LogP contribution in [0.5, 0.6) is 0 Å². The van der Waals surface area contributed by atoms with Crippen LogP contribution in [0.15, 0.2) is 29.4 Å². The molecule has 1 aliphatic rings. The number of fused-ring (bicyclic) bond motifs is 1. The predicted octanol–water partition coefficient (Wildman–Crippen LogP) is 3.63. The molecule has 0 aliphatic heterocycles. The number of nitrogens with one attached hydrogen (secondary N) is 2. The Hall–Kier alpha value is -1.71. The van der Waals surface area contributed by atoms with Gasteiger partial charge in [-0.2, -0.15) is 5.10 Å². The molecule has 3 rings (SSSR count). The third-order valence-corrected chi connectivity index (χ3v) is 4.88. The summed E-state index contributed by atoms with van der Waals surface area (Å²) in [5, 5.41) is 11.3. The fourth-order valence-corrected chi connectivity index (χ4v) is 3.34. The molecule has 28 heavy (non-hydrogen) atoms. The van der Waals surface area contributed by atoms with Gasteiger partial charge in [0.25, 0.3) is 0 Å². The molecule has 0 amide bonds. The molecule has 2 N–H and O–H groups in total. The van der Waals surface area contributed by atoms with Gasteiger partial charge in [0.05, 0.1) is 5.69 Å². The highest BCUT2D eigenvalue weighted by atomic mass is 127. The molecule has 0 saturated carbocycles. The van der Waals surface area contributed by atoms with Crippen molar-refractivity contribution in [2.24, 2.45) is 4.99 Å². The van der Waals surface area contributed by atoms with E-state index in [9.17, 15) is 8.78 Å². The van der Waals surface area contributed by atoms with E-state index < -0.39 is 5.82 Å². The van der Waals surface area contributed by atoms with Crippen molar-refractivity contribution >= 4 is 29.9 Å². The zero-order valence-electron chi connectivity index (χ0n) is 16.5. The Bertz CT molecular complexity index is 819. The van der Waals surface area contributed by atoms with Crippen LogP contribution in [-0.4, -0.2) is 35.4 Å². The molecule has 0 spiro atoms. The fourth-order valence-electron chi connectivity index (χ4n) is 3.34. The number of aliphatic imine (C=N–C) groups is 1. The number of benzene rings is 1. The van der Waals surface area contributed by atoms with E-state index in [2.05, 4.69) is 35.7 Å². The minimum atomic E-state index is -0.423. The van der Waals surface area contributed by atoms with Gasteiger partial charge in [0.1, 0.15) is 11.6 Å². The molecule has 0 saturated heterocycles. The van der Waals surface area contributed by atoms with Crippen molar-refractivity contribution in [3.63, 3.8) is 0 Å². The molecule has 5 nitrogen and oxygen atoms in total. The van der Waals surface area contributed by atoms with Crippen LogP contribution in [0.1, 0.15) is 43.1 Å². The lowest BCUT2D eigenvalue weighted by molar-refractivity contribution is 0.499. The first kappa shape index (κ1) is 22.6. The van der Waals surface area contributed by atoms with Crippen LogP contribution in [0.25, 0.3) is 0 Å². The topological polar surface area (TPSA) is 54.2 Å². The molecule has 0 bridgehead atoms. The largest absolute Gasteiger partial charge is 0.356 e. The minimum absolute atomic E-state index is 0. The second-order valence-electron chi connectivity index (χ2n) is 7.24. The van der Waals surface area contributed by atoms with E-state index in [1.165, 1.54) is 11.6 Å². The van der Waals surface area contributed by atoms with E-state index in [0.717, 1.165) is 37.1 Å². The summed E-state index contributed by atoms with van der Waals surface area (Å²) in [7, 11) is 1.71. The van der Waals surface area contributed by atoms with E-state index in [4.69, 9.17) is 5.10 Å². The maximum Gasteiger partial charge on any atom is 0.191 e. The van der Waals surface area contributed by atoms with Crippen LogP contribution in [-0.2, 0) is 19.3 Å². The van der Waals surface area contributed by atoms with Crippen molar-refractivity contribution in [3.05, 3.63) is 52.9 Å². The number of aryl methyl sites for hydroxylation is 1. The normalized spacial score (nSPS) is 16.5. The zero-order chi connectivity index (χ0) is 19.4. The molecule has 154 valence electrons. The quantitative estimate of drug-likeness (QED) is 0.373. The summed E-state index contributed by atoms with van der Waals surface area (Å²) in [6.07, 6.45) is 5.39.